The van der Waals surface area contributed by atoms with Crippen LogP contribution in [0.1, 0.15) is 15.9 Å². The molecule has 3 aromatic carbocycles. The van der Waals surface area contributed by atoms with Crippen LogP contribution in [0.15, 0.2) is 77.7 Å². The van der Waals surface area contributed by atoms with Crippen LogP contribution in [0.3, 0.4) is 0 Å². The fourth-order valence-electron chi connectivity index (χ4n) is 2.65. The first-order valence-electron chi connectivity index (χ1n) is 8.68. The average Bonchev–Trinajstić information content (AvgIpc) is 2.74. The van der Waals surface area contributed by atoms with Gasteiger partial charge in [0, 0.05) is 6.54 Å². The Hall–Kier alpha value is -3.03. The number of anilines is 1. The molecule has 0 aliphatic heterocycles. The van der Waals surface area contributed by atoms with Crippen LogP contribution in [-0.4, -0.2) is 21.4 Å². The number of methoxy groups -OCH3 is 1. The predicted octanol–water partition coefficient (Wildman–Crippen LogP) is 4.08. The van der Waals surface area contributed by atoms with E-state index < -0.39 is 15.9 Å². The number of sulfonamides is 1. The molecule has 2 N–H and O–H groups in total. The first kappa shape index (κ1) is 20.7. The maximum absolute atomic E-state index is 12.9. The van der Waals surface area contributed by atoms with E-state index >= 15 is 0 Å². The molecule has 29 heavy (non-hydrogen) atoms. The number of carbonyl (C=O) groups excluding carboxylic acids is 1. The van der Waals surface area contributed by atoms with Crippen molar-refractivity contribution >= 4 is 33.2 Å². The second-order valence-electron chi connectivity index (χ2n) is 6.11. The van der Waals surface area contributed by atoms with E-state index in [1.165, 1.54) is 12.1 Å². The minimum absolute atomic E-state index is 0.0422. The van der Waals surface area contributed by atoms with Crippen molar-refractivity contribution in [1.82, 2.24) is 5.32 Å². The highest BCUT2D eigenvalue weighted by Crippen LogP contribution is 2.25. The lowest BCUT2D eigenvalue weighted by Crippen LogP contribution is -2.26. The molecule has 0 saturated carbocycles. The van der Waals surface area contributed by atoms with E-state index in [1.54, 1.807) is 55.6 Å². The molecule has 150 valence electrons. The van der Waals surface area contributed by atoms with Crippen molar-refractivity contribution < 1.29 is 17.9 Å². The van der Waals surface area contributed by atoms with E-state index in [1.807, 2.05) is 12.1 Å². The van der Waals surface area contributed by atoms with E-state index in [0.29, 0.717) is 5.75 Å². The van der Waals surface area contributed by atoms with E-state index in [2.05, 4.69) is 10.0 Å². The van der Waals surface area contributed by atoms with Crippen LogP contribution in [0.5, 0.6) is 5.75 Å². The minimum atomic E-state index is -4.02. The molecule has 3 rings (SSSR count). The molecule has 0 radical (unpaired) electrons. The van der Waals surface area contributed by atoms with Crippen molar-refractivity contribution in [2.24, 2.45) is 0 Å². The zero-order chi connectivity index (χ0) is 20.9. The number of rotatable bonds is 7. The van der Waals surface area contributed by atoms with Gasteiger partial charge in [-0.3, -0.25) is 9.52 Å². The lowest BCUT2D eigenvalue weighted by Gasteiger charge is -2.13. The van der Waals surface area contributed by atoms with Gasteiger partial charge in [0.2, 0.25) is 0 Å². The normalized spacial score (nSPS) is 11.0. The van der Waals surface area contributed by atoms with E-state index in [-0.39, 0.29) is 27.7 Å². The number of amides is 1. The summed E-state index contributed by atoms with van der Waals surface area (Å²) in [6, 6.07) is 19.7. The quantitative estimate of drug-likeness (QED) is 0.591. The summed E-state index contributed by atoms with van der Waals surface area (Å²) in [6.07, 6.45) is 0. The van der Waals surface area contributed by atoms with Crippen LogP contribution in [-0.2, 0) is 16.6 Å². The molecule has 0 spiro atoms. The highest BCUT2D eigenvalue weighted by atomic mass is 35.5. The zero-order valence-corrected chi connectivity index (χ0v) is 17.1. The molecule has 0 aliphatic rings. The smallest absolute Gasteiger partial charge is 0.262 e. The Morgan fingerprint density at radius 3 is 2.31 bits per heavy atom. The van der Waals surface area contributed by atoms with Crippen molar-refractivity contribution in [3.63, 3.8) is 0 Å². The number of ether oxygens (including phenoxy) is 1. The molecule has 0 fully saturated rings. The van der Waals surface area contributed by atoms with Gasteiger partial charge in [-0.15, -0.1) is 0 Å². The molecule has 0 aliphatic carbocycles. The number of carbonyl (C=O) groups is 1. The molecule has 0 saturated heterocycles. The molecule has 0 aromatic heterocycles. The summed E-state index contributed by atoms with van der Waals surface area (Å²) < 4.78 is 33.3. The molecule has 0 bridgehead atoms. The Kier molecular flexibility index (Phi) is 6.41. The van der Waals surface area contributed by atoms with Crippen LogP contribution in [0, 0.1) is 0 Å². The highest BCUT2D eigenvalue weighted by molar-refractivity contribution is 7.92. The maximum atomic E-state index is 12.9. The average molecular weight is 431 g/mol. The van der Waals surface area contributed by atoms with Crippen LogP contribution >= 0.6 is 11.6 Å². The Bertz CT molecular complexity index is 1120. The van der Waals surface area contributed by atoms with Gasteiger partial charge in [-0.2, -0.15) is 0 Å². The third kappa shape index (κ3) is 5.07. The van der Waals surface area contributed by atoms with Gasteiger partial charge in [-0.25, -0.2) is 8.42 Å². The molecule has 3 aromatic rings. The summed E-state index contributed by atoms with van der Waals surface area (Å²) in [5.74, 6) is 0.211. The summed E-state index contributed by atoms with van der Waals surface area (Å²) >= 11 is 6.04. The summed E-state index contributed by atoms with van der Waals surface area (Å²) in [5.41, 5.74) is 1.14. The fourth-order valence-corrected chi connectivity index (χ4v) is 4.18. The van der Waals surface area contributed by atoms with Gasteiger partial charge in [0.1, 0.15) is 10.6 Å². The molecule has 0 heterocycles. The van der Waals surface area contributed by atoms with E-state index in [4.69, 9.17) is 16.3 Å². The van der Waals surface area contributed by atoms with Crippen LogP contribution in [0.4, 0.5) is 5.69 Å². The van der Waals surface area contributed by atoms with Gasteiger partial charge >= 0.3 is 0 Å². The topological polar surface area (TPSA) is 84.5 Å². The van der Waals surface area contributed by atoms with E-state index in [0.717, 1.165) is 5.56 Å². The Morgan fingerprint density at radius 1 is 0.966 bits per heavy atom. The first-order valence-corrected chi connectivity index (χ1v) is 10.5. The number of nitrogens with one attached hydrogen (secondary N) is 2. The summed E-state index contributed by atoms with van der Waals surface area (Å²) in [4.78, 5) is 12.5. The monoisotopic (exact) mass is 430 g/mol. The van der Waals surface area contributed by atoms with Crippen LogP contribution in [0.25, 0.3) is 0 Å². The number of benzene rings is 3. The Labute approximate surface area is 174 Å². The van der Waals surface area contributed by atoms with Gasteiger partial charge in [-0.05, 0) is 42.0 Å². The second kappa shape index (κ2) is 8.98. The number of para-hydroxylation sites is 1. The number of hydrogen-bond donors (Lipinski definition) is 2. The van der Waals surface area contributed by atoms with Gasteiger partial charge in [0.15, 0.2) is 0 Å². The molecular weight excluding hydrogens is 412 g/mol. The van der Waals surface area contributed by atoms with Crippen molar-refractivity contribution in [1.29, 1.82) is 0 Å². The van der Waals surface area contributed by atoms with Crippen molar-refractivity contribution in [2.75, 3.05) is 11.8 Å². The molecule has 0 atom stereocenters. The predicted molar refractivity (Wildman–Crippen MR) is 113 cm³/mol. The molecule has 8 heteroatoms. The van der Waals surface area contributed by atoms with Gasteiger partial charge in [-0.1, -0.05) is 48.0 Å². The van der Waals surface area contributed by atoms with Crippen LogP contribution < -0.4 is 14.8 Å². The summed E-state index contributed by atoms with van der Waals surface area (Å²) in [6.45, 7) is 0.245. The largest absolute Gasteiger partial charge is 0.497 e. The SMILES string of the molecule is COc1ccc(CNC(=O)c2ccccc2S(=O)(=O)Nc2ccccc2Cl)cc1. The molecular formula is C21H19ClN2O4S. The molecule has 1 amide bonds. The second-order valence-corrected chi connectivity index (χ2v) is 8.17. The Balaban J connectivity index is 1.80. The van der Waals surface area contributed by atoms with Crippen molar-refractivity contribution in [3.8, 4) is 5.75 Å². The summed E-state index contributed by atoms with van der Waals surface area (Å²) in [7, 11) is -2.44. The third-order valence-electron chi connectivity index (χ3n) is 4.15. The molecule has 6 nitrogen and oxygen atoms in total. The minimum Gasteiger partial charge on any atom is -0.497 e. The van der Waals surface area contributed by atoms with Crippen molar-refractivity contribution in [2.45, 2.75) is 11.4 Å². The van der Waals surface area contributed by atoms with Gasteiger partial charge < -0.3 is 10.1 Å². The Morgan fingerprint density at radius 2 is 1.62 bits per heavy atom. The lowest BCUT2D eigenvalue weighted by molar-refractivity contribution is 0.0947. The summed E-state index contributed by atoms with van der Waals surface area (Å²) in [5, 5.41) is 3.00. The number of halogens is 1. The lowest BCUT2D eigenvalue weighted by atomic mass is 10.2. The third-order valence-corrected chi connectivity index (χ3v) is 5.90. The van der Waals surface area contributed by atoms with Crippen molar-refractivity contribution in [3.05, 3.63) is 88.9 Å². The zero-order valence-electron chi connectivity index (χ0n) is 15.6. The first-order chi connectivity index (χ1) is 13.9. The number of hydrogen-bond acceptors (Lipinski definition) is 4. The molecule has 0 unspecified atom stereocenters. The fraction of sp³-hybridized carbons (Fsp3) is 0.0952. The highest BCUT2D eigenvalue weighted by Gasteiger charge is 2.22. The van der Waals surface area contributed by atoms with Gasteiger partial charge in [0.25, 0.3) is 15.9 Å². The van der Waals surface area contributed by atoms with Crippen LogP contribution in [0.2, 0.25) is 5.02 Å². The van der Waals surface area contributed by atoms with E-state index in [9.17, 15) is 13.2 Å². The standard InChI is InChI=1S/C21H19ClN2O4S/c1-28-16-12-10-15(11-13-16)14-23-21(25)17-6-2-5-9-20(17)29(26,27)24-19-8-4-3-7-18(19)22/h2-13,24H,14H2,1H3,(H,23,25). The maximum Gasteiger partial charge on any atom is 0.262 e. The van der Waals surface area contributed by atoms with Gasteiger partial charge in [0.05, 0.1) is 23.4 Å².